The molecule has 7 heteroatoms. The van der Waals surface area contributed by atoms with E-state index in [-0.39, 0.29) is 24.7 Å². The van der Waals surface area contributed by atoms with Gasteiger partial charge in [-0.15, -0.1) is 0 Å². The zero-order valence-corrected chi connectivity index (χ0v) is 13.3. The number of fused-ring (bicyclic) bond motifs is 3. The van der Waals surface area contributed by atoms with Crippen molar-refractivity contribution in [3.63, 3.8) is 0 Å². The number of benzene rings is 1. The van der Waals surface area contributed by atoms with Crippen LogP contribution in [0, 0.1) is 11.3 Å². The number of nitrogens with zero attached hydrogens (tertiary/aromatic N) is 3. The highest BCUT2D eigenvalue weighted by Crippen LogP contribution is 2.45. The van der Waals surface area contributed by atoms with Crippen LogP contribution in [0.4, 0.5) is 5.69 Å². The Labute approximate surface area is 139 Å². The molecule has 1 atom stereocenters. The van der Waals surface area contributed by atoms with Crippen molar-refractivity contribution in [1.82, 2.24) is 4.90 Å². The highest BCUT2D eigenvalue weighted by atomic mass is 16.5. The fourth-order valence-corrected chi connectivity index (χ4v) is 3.49. The maximum atomic E-state index is 13.0. The van der Waals surface area contributed by atoms with Crippen LogP contribution < -0.4 is 4.90 Å². The van der Waals surface area contributed by atoms with Crippen LogP contribution in [-0.2, 0) is 14.3 Å². The van der Waals surface area contributed by atoms with Crippen molar-refractivity contribution in [1.29, 1.82) is 5.26 Å². The smallest absolute Gasteiger partial charge is 0.354 e. The van der Waals surface area contributed by atoms with Gasteiger partial charge in [0.15, 0.2) is 6.61 Å². The van der Waals surface area contributed by atoms with Gasteiger partial charge >= 0.3 is 5.97 Å². The molecule has 0 bridgehead atoms. The predicted molar refractivity (Wildman–Crippen MR) is 83.8 cm³/mol. The zero-order valence-electron chi connectivity index (χ0n) is 13.3. The molecule has 0 unspecified atom stereocenters. The minimum absolute atomic E-state index is 0.142. The van der Waals surface area contributed by atoms with Gasteiger partial charge in [-0.3, -0.25) is 14.5 Å². The summed E-state index contributed by atoms with van der Waals surface area (Å²) in [5, 5.41) is 8.69. The van der Waals surface area contributed by atoms with Crippen LogP contribution in [0.5, 0.6) is 0 Å². The first kappa shape index (κ1) is 16.0. The molecule has 1 fully saturated rings. The Morgan fingerprint density at radius 2 is 2.12 bits per heavy atom. The van der Waals surface area contributed by atoms with Gasteiger partial charge < -0.3 is 9.64 Å². The summed E-state index contributed by atoms with van der Waals surface area (Å²) >= 11 is 0. The lowest BCUT2D eigenvalue weighted by molar-refractivity contribution is -0.155. The van der Waals surface area contributed by atoms with Crippen LogP contribution in [0.25, 0.3) is 0 Å². The molecule has 1 aromatic carbocycles. The number of nitriles is 1. The molecule has 2 aliphatic heterocycles. The fourth-order valence-electron chi connectivity index (χ4n) is 3.49. The molecule has 1 aromatic rings. The topological polar surface area (TPSA) is 90.7 Å². The van der Waals surface area contributed by atoms with E-state index in [1.807, 2.05) is 6.92 Å². The largest absolute Gasteiger partial charge is 0.447 e. The molecular weight excluding hydrogens is 310 g/mol. The van der Waals surface area contributed by atoms with Gasteiger partial charge in [-0.05, 0) is 18.6 Å². The molecule has 2 amide bonds. The lowest BCUT2D eigenvalue weighted by Crippen LogP contribution is -2.68. The van der Waals surface area contributed by atoms with E-state index in [0.717, 1.165) is 0 Å². The second-order valence-electron chi connectivity index (χ2n) is 5.75. The van der Waals surface area contributed by atoms with Crippen LogP contribution in [0.1, 0.15) is 36.5 Å². The van der Waals surface area contributed by atoms with E-state index in [2.05, 4.69) is 0 Å². The van der Waals surface area contributed by atoms with Crippen LogP contribution in [0.2, 0.25) is 0 Å². The molecule has 124 valence electrons. The molecular formula is C17H17N3O4. The molecule has 0 radical (unpaired) electrons. The number of rotatable bonds is 4. The van der Waals surface area contributed by atoms with Gasteiger partial charge in [0.25, 0.3) is 5.91 Å². The van der Waals surface area contributed by atoms with Crippen molar-refractivity contribution in [2.24, 2.45) is 0 Å². The summed E-state index contributed by atoms with van der Waals surface area (Å²) in [7, 11) is 0. The summed E-state index contributed by atoms with van der Waals surface area (Å²) < 4.78 is 5.04. The number of amides is 2. The lowest BCUT2D eigenvalue weighted by atomic mass is 9.96. The van der Waals surface area contributed by atoms with E-state index in [0.29, 0.717) is 24.2 Å². The molecule has 7 nitrogen and oxygen atoms in total. The Morgan fingerprint density at radius 1 is 1.38 bits per heavy atom. The van der Waals surface area contributed by atoms with E-state index >= 15 is 0 Å². The Hall–Kier alpha value is -2.88. The Balaban J connectivity index is 2.19. The molecule has 1 saturated heterocycles. The van der Waals surface area contributed by atoms with E-state index in [4.69, 9.17) is 10.00 Å². The summed E-state index contributed by atoms with van der Waals surface area (Å²) in [4.78, 5) is 41.1. The summed E-state index contributed by atoms with van der Waals surface area (Å²) in [5.41, 5.74) is -0.675. The van der Waals surface area contributed by atoms with Crippen molar-refractivity contribution in [3.05, 3.63) is 29.8 Å². The third-order valence-electron chi connectivity index (χ3n) is 4.42. The molecule has 0 N–H and O–H groups in total. The van der Waals surface area contributed by atoms with Gasteiger partial charge in [0, 0.05) is 19.4 Å². The number of hydrogen-bond donors (Lipinski definition) is 0. The van der Waals surface area contributed by atoms with Crippen LogP contribution in [0.3, 0.4) is 0 Å². The van der Waals surface area contributed by atoms with Crippen LogP contribution in [0.15, 0.2) is 24.3 Å². The van der Waals surface area contributed by atoms with E-state index in [1.54, 1.807) is 30.3 Å². The van der Waals surface area contributed by atoms with Gasteiger partial charge in [0.1, 0.15) is 6.07 Å². The summed E-state index contributed by atoms with van der Waals surface area (Å²) in [5.74, 6) is -1.26. The molecule has 0 aliphatic carbocycles. The SMILES string of the molecule is CCCN1C(=O)c2ccccc2N2C(=O)CC[C@@]12C(=O)OCC#N. The van der Waals surface area contributed by atoms with E-state index in [1.165, 1.54) is 9.80 Å². The van der Waals surface area contributed by atoms with Crippen LogP contribution in [-0.4, -0.2) is 41.5 Å². The number of hydrogen-bond acceptors (Lipinski definition) is 5. The second-order valence-corrected chi connectivity index (χ2v) is 5.75. The Morgan fingerprint density at radius 3 is 2.83 bits per heavy atom. The van der Waals surface area contributed by atoms with Gasteiger partial charge in [-0.2, -0.15) is 5.26 Å². The predicted octanol–water partition coefficient (Wildman–Crippen LogP) is 1.44. The van der Waals surface area contributed by atoms with E-state index in [9.17, 15) is 14.4 Å². The highest BCUT2D eigenvalue weighted by molar-refractivity contribution is 6.15. The number of carbonyl (C=O) groups excluding carboxylic acids is 3. The average molecular weight is 327 g/mol. The first-order chi connectivity index (χ1) is 11.6. The first-order valence-corrected chi connectivity index (χ1v) is 7.86. The van der Waals surface area contributed by atoms with Crippen molar-refractivity contribution in [2.45, 2.75) is 31.8 Å². The van der Waals surface area contributed by atoms with E-state index < -0.39 is 18.2 Å². The zero-order chi connectivity index (χ0) is 17.3. The summed E-state index contributed by atoms with van der Waals surface area (Å²) in [6.07, 6.45) is 0.933. The first-order valence-electron chi connectivity index (χ1n) is 7.86. The summed E-state index contributed by atoms with van der Waals surface area (Å²) in [6.45, 7) is 1.79. The highest BCUT2D eigenvalue weighted by Gasteiger charge is 2.61. The normalized spacial score (nSPS) is 22.0. The van der Waals surface area contributed by atoms with Gasteiger partial charge in [0.05, 0.1) is 11.3 Å². The maximum absolute atomic E-state index is 13.0. The van der Waals surface area contributed by atoms with Crippen molar-refractivity contribution in [2.75, 3.05) is 18.1 Å². The molecule has 0 spiro atoms. The van der Waals surface area contributed by atoms with Crippen molar-refractivity contribution >= 4 is 23.5 Å². The monoisotopic (exact) mass is 327 g/mol. The van der Waals surface area contributed by atoms with Gasteiger partial charge in [0.2, 0.25) is 11.6 Å². The lowest BCUT2D eigenvalue weighted by Gasteiger charge is -2.48. The molecule has 2 heterocycles. The molecule has 3 rings (SSSR count). The molecule has 0 saturated carbocycles. The number of carbonyl (C=O) groups is 3. The molecule has 0 aromatic heterocycles. The average Bonchev–Trinajstić information content (AvgIpc) is 2.95. The number of ether oxygens (including phenoxy) is 1. The minimum Gasteiger partial charge on any atom is -0.447 e. The molecule has 2 aliphatic rings. The van der Waals surface area contributed by atoms with Gasteiger partial charge in [-0.1, -0.05) is 19.1 Å². The van der Waals surface area contributed by atoms with Crippen LogP contribution >= 0.6 is 0 Å². The third kappa shape index (κ3) is 2.07. The number of esters is 1. The Bertz CT molecular complexity index is 754. The fraction of sp³-hybridized carbons (Fsp3) is 0.412. The third-order valence-corrected chi connectivity index (χ3v) is 4.42. The van der Waals surface area contributed by atoms with Gasteiger partial charge in [-0.25, -0.2) is 4.79 Å². The number of para-hydroxylation sites is 1. The standard InChI is InChI=1S/C17H17N3O4/c1-2-10-19-15(22)12-5-3-4-6-13(12)20-14(21)7-8-17(19,20)16(23)24-11-9-18/h3-6H,2,7-8,10-11H2,1H3/t17-/m1/s1. The second kappa shape index (κ2) is 5.96. The number of anilines is 1. The van der Waals surface area contributed by atoms with Crippen molar-refractivity contribution in [3.8, 4) is 6.07 Å². The maximum Gasteiger partial charge on any atom is 0.354 e. The van der Waals surface area contributed by atoms with Crippen molar-refractivity contribution < 1.29 is 19.1 Å². The quantitative estimate of drug-likeness (QED) is 0.781. The Kier molecular flexibility index (Phi) is 3.97. The molecule has 24 heavy (non-hydrogen) atoms. The summed E-state index contributed by atoms with van der Waals surface area (Å²) in [6, 6.07) is 8.51. The minimum atomic E-state index is -1.49.